The molecule has 2 aromatic rings. The van der Waals surface area contributed by atoms with E-state index in [1.54, 1.807) is 12.1 Å². The fourth-order valence-electron chi connectivity index (χ4n) is 3.10. The zero-order chi connectivity index (χ0) is 21.6. The lowest BCUT2D eigenvalue weighted by Crippen LogP contribution is -2.50. The van der Waals surface area contributed by atoms with Crippen molar-refractivity contribution in [1.29, 1.82) is 0 Å². The van der Waals surface area contributed by atoms with E-state index in [0.717, 1.165) is 5.69 Å². The standard InChI is InChI=1S/C20H23Cl2N3O4S/c21-16-6-7-19(18(22)14-16)29-15-20(26)23-8-13-30(27,28)25-11-9-24(10-12-25)17-4-2-1-3-5-17/h1-7,14H,8-13,15H2,(H,23,26). The number of carbonyl (C=O) groups excluding carboxylic acids is 1. The summed E-state index contributed by atoms with van der Waals surface area (Å²) in [4.78, 5) is 14.1. The molecule has 7 nitrogen and oxygen atoms in total. The minimum absolute atomic E-state index is 0.0117. The number of piperazine rings is 1. The van der Waals surface area contributed by atoms with Gasteiger partial charge >= 0.3 is 0 Å². The van der Waals surface area contributed by atoms with Crippen molar-refractivity contribution in [2.75, 3.05) is 50.0 Å². The van der Waals surface area contributed by atoms with E-state index in [4.69, 9.17) is 27.9 Å². The molecule has 0 bridgehead atoms. The molecule has 1 fully saturated rings. The van der Waals surface area contributed by atoms with Gasteiger partial charge in [0.2, 0.25) is 10.0 Å². The van der Waals surface area contributed by atoms with Crippen LogP contribution in [0.5, 0.6) is 5.75 Å². The summed E-state index contributed by atoms with van der Waals surface area (Å²) in [5.74, 6) is -0.253. The van der Waals surface area contributed by atoms with Crippen LogP contribution in [0.15, 0.2) is 48.5 Å². The number of nitrogens with zero attached hydrogens (tertiary/aromatic N) is 2. The lowest BCUT2D eigenvalue weighted by atomic mass is 10.2. The minimum Gasteiger partial charge on any atom is -0.482 e. The van der Waals surface area contributed by atoms with E-state index in [0.29, 0.717) is 42.0 Å². The molecule has 0 spiro atoms. The minimum atomic E-state index is -3.45. The molecule has 10 heteroatoms. The van der Waals surface area contributed by atoms with E-state index >= 15 is 0 Å². The highest BCUT2D eigenvalue weighted by molar-refractivity contribution is 7.89. The topological polar surface area (TPSA) is 78.9 Å². The summed E-state index contributed by atoms with van der Waals surface area (Å²) in [6.45, 7) is 1.85. The van der Waals surface area contributed by atoms with Crippen LogP contribution in [0.1, 0.15) is 0 Å². The SMILES string of the molecule is O=C(COc1ccc(Cl)cc1Cl)NCCS(=O)(=O)N1CCN(c2ccccc2)CC1. The van der Waals surface area contributed by atoms with Gasteiger partial charge in [-0.3, -0.25) is 4.79 Å². The Bertz CT molecular complexity index is 965. The van der Waals surface area contributed by atoms with Gasteiger partial charge in [0.15, 0.2) is 6.61 Å². The third-order valence-electron chi connectivity index (χ3n) is 4.69. The van der Waals surface area contributed by atoms with Crippen molar-refractivity contribution < 1.29 is 17.9 Å². The van der Waals surface area contributed by atoms with Crippen molar-refractivity contribution in [1.82, 2.24) is 9.62 Å². The molecule has 0 atom stereocenters. The smallest absolute Gasteiger partial charge is 0.257 e. The van der Waals surface area contributed by atoms with Crippen molar-refractivity contribution >= 4 is 44.8 Å². The first-order chi connectivity index (χ1) is 14.3. The number of sulfonamides is 1. The normalized spacial score (nSPS) is 15.1. The van der Waals surface area contributed by atoms with Gasteiger partial charge in [-0.1, -0.05) is 41.4 Å². The zero-order valence-corrected chi connectivity index (χ0v) is 18.6. The predicted octanol–water partition coefficient (Wildman–Crippen LogP) is 2.64. The van der Waals surface area contributed by atoms with Gasteiger partial charge in [0.05, 0.1) is 10.8 Å². The van der Waals surface area contributed by atoms with Gasteiger partial charge in [-0.2, -0.15) is 4.31 Å². The highest BCUT2D eigenvalue weighted by atomic mass is 35.5. The fourth-order valence-corrected chi connectivity index (χ4v) is 4.90. The van der Waals surface area contributed by atoms with Gasteiger partial charge in [0.25, 0.3) is 5.91 Å². The quantitative estimate of drug-likeness (QED) is 0.639. The molecule has 1 N–H and O–H groups in total. The van der Waals surface area contributed by atoms with E-state index < -0.39 is 15.9 Å². The Hall–Kier alpha value is -2.00. The van der Waals surface area contributed by atoms with Gasteiger partial charge in [0, 0.05) is 43.4 Å². The maximum absolute atomic E-state index is 12.6. The Kier molecular flexibility index (Phi) is 7.82. The summed E-state index contributed by atoms with van der Waals surface area (Å²) in [6, 6.07) is 14.6. The largest absolute Gasteiger partial charge is 0.482 e. The van der Waals surface area contributed by atoms with E-state index in [1.165, 1.54) is 10.4 Å². The fraction of sp³-hybridized carbons (Fsp3) is 0.350. The molecule has 0 aliphatic carbocycles. The number of halogens is 2. The molecule has 3 rings (SSSR count). The average molecular weight is 472 g/mol. The Morgan fingerprint density at radius 2 is 1.73 bits per heavy atom. The Morgan fingerprint density at radius 3 is 2.40 bits per heavy atom. The highest BCUT2D eigenvalue weighted by Crippen LogP contribution is 2.27. The molecule has 30 heavy (non-hydrogen) atoms. The molecule has 1 heterocycles. The van der Waals surface area contributed by atoms with Gasteiger partial charge in [0.1, 0.15) is 5.75 Å². The molecule has 0 radical (unpaired) electrons. The van der Waals surface area contributed by atoms with Crippen molar-refractivity contribution in [3.63, 3.8) is 0 Å². The number of hydrogen-bond donors (Lipinski definition) is 1. The maximum Gasteiger partial charge on any atom is 0.257 e. The molecule has 0 unspecified atom stereocenters. The van der Waals surface area contributed by atoms with Gasteiger partial charge in [-0.15, -0.1) is 0 Å². The van der Waals surface area contributed by atoms with Crippen LogP contribution in [0, 0.1) is 0 Å². The monoisotopic (exact) mass is 471 g/mol. The number of carbonyl (C=O) groups is 1. The number of benzene rings is 2. The number of hydrogen-bond acceptors (Lipinski definition) is 5. The Labute approximate surface area is 186 Å². The molecule has 1 amide bonds. The third-order valence-corrected chi connectivity index (χ3v) is 7.09. The van der Waals surface area contributed by atoms with Crippen LogP contribution < -0.4 is 15.0 Å². The van der Waals surface area contributed by atoms with E-state index in [9.17, 15) is 13.2 Å². The van der Waals surface area contributed by atoms with E-state index in [1.807, 2.05) is 30.3 Å². The molecule has 1 aliphatic rings. The van der Waals surface area contributed by atoms with E-state index in [2.05, 4.69) is 10.2 Å². The second kappa shape index (κ2) is 10.3. The lowest BCUT2D eigenvalue weighted by molar-refractivity contribution is -0.122. The number of amides is 1. The van der Waals surface area contributed by atoms with Gasteiger partial charge in [-0.25, -0.2) is 8.42 Å². The first-order valence-corrected chi connectivity index (χ1v) is 11.8. The van der Waals surface area contributed by atoms with E-state index in [-0.39, 0.29) is 18.9 Å². The number of para-hydroxylation sites is 1. The number of anilines is 1. The highest BCUT2D eigenvalue weighted by Gasteiger charge is 2.26. The van der Waals surface area contributed by atoms with Crippen molar-refractivity contribution in [2.24, 2.45) is 0 Å². The molecule has 0 saturated carbocycles. The summed E-state index contributed by atoms with van der Waals surface area (Å²) in [5.41, 5.74) is 1.09. The zero-order valence-electron chi connectivity index (χ0n) is 16.3. The molecule has 1 aliphatic heterocycles. The predicted molar refractivity (Wildman–Crippen MR) is 119 cm³/mol. The average Bonchev–Trinajstić information content (AvgIpc) is 2.74. The molecular formula is C20H23Cl2N3O4S. The Balaban J connectivity index is 1.40. The summed E-state index contributed by atoms with van der Waals surface area (Å²) < 4.78 is 31.9. The van der Waals surface area contributed by atoms with Crippen molar-refractivity contribution in [3.05, 3.63) is 58.6 Å². The Morgan fingerprint density at radius 1 is 1.03 bits per heavy atom. The van der Waals surface area contributed by atoms with Crippen LogP contribution in [-0.4, -0.2) is 63.7 Å². The van der Waals surface area contributed by atoms with Crippen molar-refractivity contribution in [2.45, 2.75) is 0 Å². The van der Waals surface area contributed by atoms with Gasteiger partial charge in [-0.05, 0) is 30.3 Å². The van der Waals surface area contributed by atoms with Crippen LogP contribution in [-0.2, 0) is 14.8 Å². The number of rotatable bonds is 8. The van der Waals surface area contributed by atoms with Crippen LogP contribution in [0.4, 0.5) is 5.69 Å². The second-order valence-electron chi connectivity index (χ2n) is 6.75. The third kappa shape index (κ3) is 6.25. The summed E-state index contributed by atoms with van der Waals surface area (Å²) >= 11 is 11.8. The van der Waals surface area contributed by atoms with Crippen molar-refractivity contribution in [3.8, 4) is 5.75 Å². The number of ether oxygens (including phenoxy) is 1. The van der Waals surface area contributed by atoms with Crippen LogP contribution in [0.25, 0.3) is 0 Å². The first kappa shape index (κ1) is 22.7. The van der Waals surface area contributed by atoms with Gasteiger partial charge < -0.3 is 15.0 Å². The number of nitrogens with one attached hydrogen (secondary N) is 1. The lowest BCUT2D eigenvalue weighted by Gasteiger charge is -2.35. The molecular weight excluding hydrogens is 449 g/mol. The second-order valence-corrected chi connectivity index (χ2v) is 9.68. The molecule has 1 saturated heterocycles. The summed E-state index contributed by atoms with van der Waals surface area (Å²) in [6.07, 6.45) is 0. The first-order valence-electron chi connectivity index (χ1n) is 9.47. The van der Waals surface area contributed by atoms with Crippen LogP contribution in [0.2, 0.25) is 10.0 Å². The molecule has 2 aromatic carbocycles. The summed E-state index contributed by atoms with van der Waals surface area (Å²) in [5, 5.41) is 3.33. The molecule has 162 valence electrons. The van der Waals surface area contributed by atoms with Crippen LogP contribution >= 0.6 is 23.2 Å². The molecule has 0 aromatic heterocycles. The van der Waals surface area contributed by atoms with Crippen LogP contribution in [0.3, 0.4) is 0 Å². The maximum atomic E-state index is 12.6. The summed E-state index contributed by atoms with van der Waals surface area (Å²) in [7, 11) is -3.45.